The lowest BCUT2D eigenvalue weighted by atomic mass is 10.2. The van der Waals surface area contributed by atoms with Gasteiger partial charge >= 0.3 is 6.61 Å². The van der Waals surface area contributed by atoms with E-state index in [2.05, 4.69) is 15.0 Å². The number of ether oxygens (including phenoxy) is 1. The van der Waals surface area contributed by atoms with Gasteiger partial charge in [-0.3, -0.25) is 14.2 Å². The third kappa shape index (κ3) is 5.23. The largest absolute Gasteiger partial charge is 0.435 e. The van der Waals surface area contributed by atoms with E-state index >= 15 is 0 Å². The molecule has 0 radical (unpaired) electrons. The fraction of sp³-hybridized carbons (Fsp3) is 0.125. The fourth-order valence-corrected chi connectivity index (χ4v) is 4.14. The van der Waals surface area contributed by atoms with Gasteiger partial charge in [-0.15, -0.1) is 0 Å². The molecular weight excluding hydrogens is 467 g/mol. The second-order valence-electron chi connectivity index (χ2n) is 7.18. The van der Waals surface area contributed by atoms with E-state index in [-0.39, 0.29) is 16.5 Å². The van der Waals surface area contributed by atoms with Crippen LogP contribution in [0, 0.1) is 5.82 Å². The van der Waals surface area contributed by atoms with Gasteiger partial charge in [0.25, 0.3) is 5.56 Å². The number of para-hydroxylation sites is 1. The number of carbonyl (C=O) groups excluding carboxylic acids is 1. The van der Waals surface area contributed by atoms with Crippen molar-refractivity contribution in [1.29, 1.82) is 0 Å². The molecule has 0 bridgehead atoms. The second kappa shape index (κ2) is 10.0. The first-order valence-electron chi connectivity index (χ1n) is 10.1. The van der Waals surface area contributed by atoms with Gasteiger partial charge in [0.15, 0.2) is 5.16 Å². The Morgan fingerprint density at radius 3 is 2.50 bits per heavy atom. The molecule has 0 aliphatic heterocycles. The first-order chi connectivity index (χ1) is 16.3. The molecule has 1 amide bonds. The summed E-state index contributed by atoms with van der Waals surface area (Å²) in [4.78, 5) is 30.6. The Kier molecular flexibility index (Phi) is 6.87. The number of anilines is 1. The Morgan fingerprint density at radius 2 is 1.79 bits per heavy atom. The van der Waals surface area contributed by atoms with Crippen molar-refractivity contribution in [2.75, 3.05) is 5.32 Å². The number of hydrogen-bond acceptors (Lipinski definition) is 5. The highest BCUT2D eigenvalue weighted by atomic mass is 32.2. The van der Waals surface area contributed by atoms with Crippen LogP contribution in [-0.4, -0.2) is 27.3 Å². The van der Waals surface area contributed by atoms with Crippen molar-refractivity contribution in [3.8, 4) is 11.4 Å². The van der Waals surface area contributed by atoms with Gasteiger partial charge in [-0.25, -0.2) is 9.37 Å². The molecule has 3 aromatic carbocycles. The first-order valence-corrected chi connectivity index (χ1v) is 11.0. The lowest BCUT2D eigenvalue weighted by Crippen LogP contribution is -2.26. The zero-order valence-corrected chi connectivity index (χ0v) is 18.6. The summed E-state index contributed by atoms with van der Waals surface area (Å²) < 4.78 is 44.1. The Morgan fingerprint density at radius 1 is 1.06 bits per heavy atom. The summed E-state index contributed by atoms with van der Waals surface area (Å²) in [6.45, 7) is -1.34. The average Bonchev–Trinajstić information content (AvgIpc) is 2.80. The van der Waals surface area contributed by atoms with Gasteiger partial charge in [-0.1, -0.05) is 30.0 Å². The maximum Gasteiger partial charge on any atom is 0.387 e. The van der Waals surface area contributed by atoms with Gasteiger partial charge in [0.1, 0.15) is 11.6 Å². The molecule has 1 aromatic heterocycles. The molecule has 10 heteroatoms. The highest BCUT2D eigenvalue weighted by Gasteiger charge is 2.21. The molecule has 0 saturated carbocycles. The highest BCUT2D eigenvalue weighted by Crippen LogP contribution is 2.27. The maximum absolute atomic E-state index is 13.4. The number of nitrogens with zero attached hydrogens (tertiary/aromatic N) is 2. The summed E-state index contributed by atoms with van der Waals surface area (Å²) in [5.41, 5.74) is 0.732. The number of halogens is 3. The van der Waals surface area contributed by atoms with Crippen LogP contribution in [0.15, 0.2) is 82.7 Å². The van der Waals surface area contributed by atoms with Crippen molar-refractivity contribution in [3.63, 3.8) is 0 Å². The number of nitrogens with one attached hydrogen (secondary N) is 1. The number of fused-ring (bicyclic) bond motifs is 1. The lowest BCUT2D eigenvalue weighted by Gasteiger charge is -2.17. The molecule has 4 rings (SSSR count). The van der Waals surface area contributed by atoms with E-state index in [1.807, 2.05) is 0 Å². The standard InChI is InChI=1S/C24H18F3N3O3S/c1-14(21(31)28-16-6-4-5-15(25)13-16)34-24-29-20-8-3-2-7-19(20)22(32)30(24)17-9-11-18(12-10-17)33-23(26)27/h2-14,23H,1H3,(H,28,31). The Balaban J connectivity index is 1.69. The first kappa shape index (κ1) is 23.4. The second-order valence-corrected chi connectivity index (χ2v) is 8.49. The van der Waals surface area contributed by atoms with Crippen LogP contribution >= 0.6 is 11.8 Å². The third-order valence-corrected chi connectivity index (χ3v) is 5.86. The van der Waals surface area contributed by atoms with Crippen molar-refractivity contribution in [2.24, 2.45) is 0 Å². The molecule has 0 saturated heterocycles. The quantitative estimate of drug-likeness (QED) is 0.286. The van der Waals surface area contributed by atoms with Crippen LogP contribution in [-0.2, 0) is 4.79 Å². The topological polar surface area (TPSA) is 73.2 Å². The number of benzene rings is 3. The summed E-state index contributed by atoms with van der Waals surface area (Å²) >= 11 is 1.04. The van der Waals surface area contributed by atoms with Crippen LogP contribution in [0.2, 0.25) is 0 Å². The molecule has 0 fully saturated rings. The molecule has 6 nitrogen and oxygen atoms in total. The van der Waals surface area contributed by atoms with Crippen LogP contribution in [0.25, 0.3) is 16.6 Å². The van der Waals surface area contributed by atoms with E-state index < -0.39 is 23.6 Å². The predicted molar refractivity (Wildman–Crippen MR) is 124 cm³/mol. The molecular formula is C24H18F3N3O3S. The van der Waals surface area contributed by atoms with Crippen LogP contribution < -0.4 is 15.6 Å². The number of aromatic nitrogens is 2. The molecule has 0 aliphatic carbocycles. The summed E-state index contributed by atoms with van der Waals surface area (Å²) in [7, 11) is 0. The van der Waals surface area contributed by atoms with E-state index in [0.29, 0.717) is 22.3 Å². The van der Waals surface area contributed by atoms with Crippen LogP contribution in [0.5, 0.6) is 5.75 Å². The maximum atomic E-state index is 13.4. The van der Waals surface area contributed by atoms with Crippen LogP contribution in [0.4, 0.5) is 18.9 Å². The van der Waals surface area contributed by atoms with Gasteiger partial charge in [0.05, 0.1) is 21.8 Å². The van der Waals surface area contributed by atoms with Crippen molar-refractivity contribution >= 4 is 34.3 Å². The minimum atomic E-state index is -2.97. The molecule has 1 unspecified atom stereocenters. The highest BCUT2D eigenvalue weighted by molar-refractivity contribution is 8.00. The van der Waals surface area contributed by atoms with Gasteiger partial charge in [-0.05, 0) is 61.5 Å². The minimum Gasteiger partial charge on any atom is -0.435 e. The van der Waals surface area contributed by atoms with Crippen molar-refractivity contribution in [1.82, 2.24) is 9.55 Å². The Bertz CT molecular complexity index is 1390. The van der Waals surface area contributed by atoms with Gasteiger partial charge < -0.3 is 10.1 Å². The number of alkyl halides is 2. The molecule has 1 heterocycles. The number of carbonyl (C=O) groups is 1. The van der Waals surface area contributed by atoms with Gasteiger partial charge in [0, 0.05) is 5.69 Å². The third-order valence-electron chi connectivity index (χ3n) is 4.81. The van der Waals surface area contributed by atoms with Crippen LogP contribution in [0.1, 0.15) is 6.92 Å². The fourth-order valence-electron chi connectivity index (χ4n) is 3.22. The average molecular weight is 485 g/mol. The molecule has 1 N–H and O–H groups in total. The van der Waals surface area contributed by atoms with Crippen molar-refractivity contribution in [3.05, 3.63) is 89.0 Å². The number of amides is 1. The molecule has 174 valence electrons. The van der Waals surface area contributed by atoms with E-state index in [0.717, 1.165) is 11.8 Å². The SMILES string of the molecule is CC(Sc1nc2ccccc2c(=O)n1-c1ccc(OC(F)F)cc1)C(=O)Nc1cccc(F)c1. The molecule has 34 heavy (non-hydrogen) atoms. The smallest absolute Gasteiger partial charge is 0.387 e. The zero-order valence-electron chi connectivity index (χ0n) is 17.7. The molecule has 4 aromatic rings. The predicted octanol–water partition coefficient (Wildman–Crippen LogP) is 5.25. The monoisotopic (exact) mass is 485 g/mol. The van der Waals surface area contributed by atoms with E-state index in [9.17, 15) is 22.8 Å². The summed E-state index contributed by atoms with van der Waals surface area (Å²) in [5, 5.41) is 2.52. The van der Waals surface area contributed by atoms with E-state index in [1.165, 1.54) is 47.0 Å². The summed E-state index contributed by atoms with van der Waals surface area (Å²) in [5.74, 6) is -0.953. The van der Waals surface area contributed by atoms with Crippen molar-refractivity contribution < 1.29 is 22.7 Å². The van der Waals surface area contributed by atoms with E-state index in [1.54, 1.807) is 37.3 Å². The Hall–Kier alpha value is -3.79. The number of hydrogen-bond donors (Lipinski definition) is 1. The van der Waals surface area contributed by atoms with Crippen LogP contribution in [0.3, 0.4) is 0 Å². The van der Waals surface area contributed by atoms with Crippen molar-refractivity contribution in [2.45, 2.75) is 23.9 Å². The summed E-state index contributed by atoms with van der Waals surface area (Å²) in [6, 6.07) is 17.8. The Labute approximate surface area is 196 Å². The zero-order chi connectivity index (χ0) is 24.2. The molecule has 0 spiro atoms. The van der Waals surface area contributed by atoms with Gasteiger partial charge in [-0.2, -0.15) is 8.78 Å². The van der Waals surface area contributed by atoms with Gasteiger partial charge in [0.2, 0.25) is 5.91 Å². The molecule has 1 atom stereocenters. The number of thioether (sulfide) groups is 1. The van der Waals surface area contributed by atoms with E-state index in [4.69, 9.17) is 0 Å². The lowest BCUT2D eigenvalue weighted by molar-refractivity contribution is -0.115. The minimum absolute atomic E-state index is 0.0578. The molecule has 0 aliphatic rings. The summed E-state index contributed by atoms with van der Waals surface area (Å²) in [6.07, 6.45) is 0. The number of rotatable bonds is 7. The normalized spacial score (nSPS) is 12.0.